The van der Waals surface area contributed by atoms with Crippen LogP contribution in [0.3, 0.4) is 0 Å². The molecule has 2 N–H and O–H groups in total. The SMILES string of the molecule is CS(=O)(=O)c1ccc(C(O)CNc2ccsc2)cc1. The van der Waals surface area contributed by atoms with Crippen molar-refractivity contribution in [1.29, 1.82) is 0 Å². The lowest BCUT2D eigenvalue weighted by molar-refractivity contribution is 0.191. The first kappa shape index (κ1) is 14.0. The van der Waals surface area contributed by atoms with Crippen LogP contribution in [-0.2, 0) is 9.84 Å². The predicted molar refractivity (Wildman–Crippen MR) is 77.3 cm³/mol. The van der Waals surface area contributed by atoms with Crippen molar-refractivity contribution in [3.8, 4) is 0 Å². The minimum Gasteiger partial charge on any atom is -0.387 e. The second-order valence-corrected chi connectivity index (χ2v) is 7.05. The van der Waals surface area contributed by atoms with E-state index < -0.39 is 15.9 Å². The van der Waals surface area contributed by atoms with Crippen LogP contribution in [-0.4, -0.2) is 26.3 Å². The summed E-state index contributed by atoms with van der Waals surface area (Å²) < 4.78 is 22.6. The highest BCUT2D eigenvalue weighted by molar-refractivity contribution is 7.90. The molecule has 0 fully saturated rings. The molecule has 0 aliphatic carbocycles. The summed E-state index contributed by atoms with van der Waals surface area (Å²) in [4.78, 5) is 0.259. The Morgan fingerprint density at radius 1 is 1.26 bits per heavy atom. The van der Waals surface area contributed by atoms with E-state index in [-0.39, 0.29) is 4.90 Å². The highest BCUT2D eigenvalue weighted by Gasteiger charge is 2.10. The molecule has 0 amide bonds. The van der Waals surface area contributed by atoms with Crippen molar-refractivity contribution in [1.82, 2.24) is 0 Å². The molecule has 19 heavy (non-hydrogen) atoms. The third-order valence-corrected chi connectivity index (χ3v) is 4.53. The largest absolute Gasteiger partial charge is 0.387 e. The van der Waals surface area contributed by atoms with E-state index in [0.717, 1.165) is 11.9 Å². The first-order valence-corrected chi connectivity index (χ1v) is 8.54. The molecule has 0 radical (unpaired) electrons. The fraction of sp³-hybridized carbons (Fsp3) is 0.231. The highest BCUT2D eigenvalue weighted by Crippen LogP contribution is 2.18. The summed E-state index contributed by atoms with van der Waals surface area (Å²) in [6, 6.07) is 8.23. The van der Waals surface area contributed by atoms with Gasteiger partial charge in [-0.2, -0.15) is 11.3 Å². The highest BCUT2D eigenvalue weighted by atomic mass is 32.2. The van der Waals surface area contributed by atoms with Gasteiger partial charge in [0.05, 0.1) is 11.0 Å². The summed E-state index contributed by atoms with van der Waals surface area (Å²) in [6.45, 7) is 0.384. The van der Waals surface area contributed by atoms with Gasteiger partial charge in [-0.1, -0.05) is 12.1 Å². The van der Waals surface area contributed by atoms with Crippen LogP contribution in [0.2, 0.25) is 0 Å². The molecule has 1 aromatic carbocycles. The molecule has 1 unspecified atom stereocenters. The summed E-state index contributed by atoms with van der Waals surface area (Å²) in [5, 5.41) is 17.0. The summed E-state index contributed by atoms with van der Waals surface area (Å²) in [5.41, 5.74) is 1.66. The van der Waals surface area contributed by atoms with Gasteiger partial charge in [-0.25, -0.2) is 8.42 Å². The van der Waals surface area contributed by atoms with Gasteiger partial charge in [0.15, 0.2) is 9.84 Å². The van der Waals surface area contributed by atoms with Gasteiger partial charge in [0.25, 0.3) is 0 Å². The number of aliphatic hydroxyl groups excluding tert-OH is 1. The Morgan fingerprint density at radius 2 is 1.95 bits per heavy atom. The fourth-order valence-corrected chi connectivity index (χ4v) is 2.88. The quantitative estimate of drug-likeness (QED) is 0.888. The zero-order valence-electron chi connectivity index (χ0n) is 10.4. The van der Waals surface area contributed by atoms with Crippen LogP contribution in [0.25, 0.3) is 0 Å². The zero-order chi connectivity index (χ0) is 13.9. The Labute approximate surface area is 116 Å². The Kier molecular flexibility index (Phi) is 4.24. The summed E-state index contributed by atoms with van der Waals surface area (Å²) >= 11 is 1.58. The maximum Gasteiger partial charge on any atom is 0.175 e. The Balaban J connectivity index is 2.01. The summed E-state index contributed by atoms with van der Waals surface area (Å²) in [5.74, 6) is 0. The monoisotopic (exact) mass is 297 g/mol. The van der Waals surface area contributed by atoms with E-state index in [9.17, 15) is 13.5 Å². The molecule has 1 heterocycles. The van der Waals surface area contributed by atoms with E-state index in [1.807, 2.05) is 16.8 Å². The van der Waals surface area contributed by atoms with Crippen molar-refractivity contribution in [2.45, 2.75) is 11.0 Å². The topological polar surface area (TPSA) is 66.4 Å². The van der Waals surface area contributed by atoms with Gasteiger partial charge in [0.1, 0.15) is 0 Å². The second-order valence-electron chi connectivity index (χ2n) is 4.25. The normalized spacial score (nSPS) is 13.2. The van der Waals surface area contributed by atoms with Crippen molar-refractivity contribution >= 4 is 26.9 Å². The van der Waals surface area contributed by atoms with Gasteiger partial charge in [0.2, 0.25) is 0 Å². The van der Waals surface area contributed by atoms with Crippen LogP contribution in [0.15, 0.2) is 46.0 Å². The maximum atomic E-state index is 11.3. The number of thiophene rings is 1. The number of sulfone groups is 1. The zero-order valence-corrected chi connectivity index (χ0v) is 12.0. The van der Waals surface area contributed by atoms with Crippen LogP contribution in [0.4, 0.5) is 5.69 Å². The summed E-state index contributed by atoms with van der Waals surface area (Å²) in [7, 11) is -3.19. The van der Waals surface area contributed by atoms with E-state index in [4.69, 9.17) is 0 Å². The van der Waals surface area contributed by atoms with E-state index in [1.165, 1.54) is 12.1 Å². The molecular weight excluding hydrogens is 282 g/mol. The number of benzene rings is 1. The number of nitrogens with one attached hydrogen (secondary N) is 1. The molecular formula is C13H15NO3S2. The molecule has 0 aliphatic heterocycles. The summed E-state index contributed by atoms with van der Waals surface area (Å²) in [6.07, 6.45) is 0.491. The molecule has 0 bridgehead atoms. The van der Waals surface area contributed by atoms with Crippen molar-refractivity contribution in [2.24, 2.45) is 0 Å². The molecule has 102 valence electrons. The molecule has 0 aliphatic rings. The van der Waals surface area contributed by atoms with Gasteiger partial charge in [0, 0.05) is 23.9 Å². The molecule has 6 heteroatoms. The van der Waals surface area contributed by atoms with Crippen LogP contribution in [0.1, 0.15) is 11.7 Å². The second kappa shape index (κ2) is 5.73. The number of hydrogen-bond donors (Lipinski definition) is 2. The van der Waals surface area contributed by atoms with Gasteiger partial charge >= 0.3 is 0 Å². The minimum atomic E-state index is -3.19. The molecule has 4 nitrogen and oxygen atoms in total. The smallest absolute Gasteiger partial charge is 0.175 e. The van der Waals surface area contributed by atoms with Gasteiger partial charge in [-0.15, -0.1) is 0 Å². The molecule has 0 saturated carbocycles. The van der Waals surface area contributed by atoms with Crippen molar-refractivity contribution in [3.63, 3.8) is 0 Å². The van der Waals surface area contributed by atoms with Crippen molar-refractivity contribution in [3.05, 3.63) is 46.7 Å². The van der Waals surface area contributed by atoms with E-state index in [2.05, 4.69) is 5.32 Å². The van der Waals surface area contributed by atoms with E-state index in [0.29, 0.717) is 12.1 Å². The predicted octanol–water partition coefficient (Wildman–Crippen LogP) is 2.30. The molecule has 1 atom stereocenters. The van der Waals surface area contributed by atoms with Crippen LogP contribution >= 0.6 is 11.3 Å². The third kappa shape index (κ3) is 3.79. The Morgan fingerprint density at radius 3 is 2.47 bits per heavy atom. The average molecular weight is 297 g/mol. The van der Waals surface area contributed by atoms with Gasteiger partial charge < -0.3 is 10.4 Å². The molecule has 2 rings (SSSR count). The Hall–Kier alpha value is -1.37. The minimum absolute atomic E-state index is 0.259. The van der Waals surface area contributed by atoms with Crippen molar-refractivity contribution < 1.29 is 13.5 Å². The average Bonchev–Trinajstić information content (AvgIpc) is 2.88. The maximum absolute atomic E-state index is 11.3. The van der Waals surface area contributed by atoms with Crippen LogP contribution < -0.4 is 5.32 Å². The first-order chi connectivity index (χ1) is 8.97. The number of rotatable bonds is 5. The lowest BCUT2D eigenvalue weighted by Crippen LogP contribution is -2.11. The van der Waals surface area contributed by atoms with E-state index in [1.54, 1.807) is 23.5 Å². The van der Waals surface area contributed by atoms with Gasteiger partial charge in [-0.05, 0) is 29.1 Å². The molecule has 0 saturated heterocycles. The Bertz CT molecular complexity index is 618. The number of anilines is 1. The van der Waals surface area contributed by atoms with Crippen LogP contribution in [0, 0.1) is 0 Å². The standard InChI is InChI=1S/C13H15NO3S2/c1-19(16,17)12-4-2-10(3-5-12)13(15)8-14-11-6-7-18-9-11/h2-7,9,13-15H,8H2,1H3. The first-order valence-electron chi connectivity index (χ1n) is 5.71. The van der Waals surface area contributed by atoms with Crippen molar-refractivity contribution in [2.75, 3.05) is 18.1 Å². The van der Waals surface area contributed by atoms with Gasteiger partial charge in [-0.3, -0.25) is 0 Å². The van der Waals surface area contributed by atoms with Crippen LogP contribution in [0.5, 0.6) is 0 Å². The third-order valence-electron chi connectivity index (χ3n) is 2.71. The molecule has 1 aromatic heterocycles. The number of aliphatic hydroxyl groups is 1. The molecule has 2 aromatic rings. The fourth-order valence-electron chi connectivity index (χ4n) is 1.63. The van der Waals surface area contributed by atoms with E-state index >= 15 is 0 Å². The molecule has 0 spiro atoms. The number of hydrogen-bond acceptors (Lipinski definition) is 5. The lowest BCUT2D eigenvalue weighted by atomic mass is 10.1. The lowest BCUT2D eigenvalue weighted by Gasteiger charge is -2.12.